The van der Waals surface area contributed by atoms with Crippen molar-refractivity contribution in [2.75, 3.05) is 35.5 Å². The predicted octanol–water partition coefficient (Wildman–Crippen LogP) is 4.57. The molecule has 36 heavy (non-hydrogen) atoms. The van der Waals surface area contributed by atoms with E-state index in [1.807, 2.05) is 0 Å². The maximum Gasteiger partial charge on any atom is 0.215 e. The molecule has 0 fully saturated rings. The molecule has 0 radical (unpaired) electrons. The van der Waals surface area contributed by atoms with Gasteiger partial charge >= 0.3 is 0 Å². The summed E-state index contributed by atoms with van der Waals surface area (Å²) in [5.74, 6) is -1.31. The molecule has 1 spiro atoms. The molecule has 7 heteroatoms. The Morgan fingerprint density at radius 3 is 2.11 bits per heavy atom. The molecule has 0 saturated carbocycles. The molecule has 0 aromatic heterocycles. The number of rotatable bonds is 5. The third-order valence-corrected chi connectivity index (χ3v) is 9.20. The summed E-state index contributed by atoms with van der Waals surface area (Å²) in [6.45, 7) is 6.65. The van der Waals surface area contributed by atoms with Gasteiger partial charge in [0.2, 0.25) is 11.6 Å². The summed E-state index contributed by atoms with van der Waals surface area (Å²) in [6.07, 6.45) is 7.53. The van der Waals surface area contributed by atoms with Crippen LogP contribution in [-0.4, -0.2) is 52.9 Å². The van der Waals surface area contributed by atoms with Gasteiger partial charge in [-0.3, -0.25) is 9.59 Å². The Morgan fingerprint density at radius 1 is 0.889 bits per heavy atom. The van der Waals surface area contributed by atoms with E-state index in [0.29, 0.717) is 34.6 Å². The molecule has 0 aliphatic heterocycles. The molecule has 1 aromatic carbocycles. The minimum atomic E-state index is -1.46. The standard InChI is InChI=1S/C29H34O7/c1-16-10-9-12-26(2,3)27(16)15-28(34-6)23-21(18(32-4)14-19(33-5)22(23)27)24(31)20-17(30)11-13-29(35-7,36-8)25(20)28/h10-11,13-14H,9,12,15H2,1-8H3/t27-,28+/m1/s1. The van der Waals surface area contributed by atoms with Crippen LogP contribution < -0.4 is 9.47 Å². The van der Waals surface area contributed by atoms with Gasteiger partial charge in [0.05, 0.1) is 25.4 Å². The van der Waals surface area contributed by atoms with Crippen LogP contribution in [0.1, 0.15) is 61.5 Å². The molecule has 1 aromatic rings. The van der Waals surface area contributed by atoms with Crippen LogP contribution in [0.3, 0.4) is 0 Å². The summed E-state index contributed by atoms with van der Waals surface area (Å²) in [5.41, 5.74) is 1.54. The number of ketones is 2. The van der Waals surface area contributed by atoms with Crippen molar-refractivity contribution in [3.8, 4) is 11.5 Å². The van der Waals surface area contributed by atoms with Gasteiger partial charge in [0.25, 0.3) is 0 Å². The molecule has 0 saturated heterocycles. The van der Waals surface area contributed by atoms with E-state index < -0.39 is 28.4 Å². The van der Waals surface area contributed by atoms with Gasteiger partial charge in [-0.15, -0.1) is 0 Å². The zero-order chi connectivity index (χ0) is 26.3. The van der Waals surface area contributed by atoms with Crippen LogP contribution in [-0.2, 0) is 30.0 Å². The molecule has 2 atom stereocenters. The van der Waals surface area contributed by atoms with Crippen LogP contribution in [0, 0.1) is 5.41 Å². The van der Waals surface area contributed by atoms with E-state index in [1.165, 1.54) is 33.0 Å². The normalized spacial score (nSPS) is 29.3. The summed E-state index contributed by atoms with van der Waals surface area (Å²) in [5, 5.41) is 0. The number of fused-ring (bicyclic) bond motifs is 2. The number of hydrogen-bond donors (Lipinski definition) is 0. The Kier molecular flexibility index (Phi) is 5.46. The summed E-state index contributed by atoms with van der Waals surface area (Å²) >= 11 is 0. The van der Waals surface area contributed by atoms with Crippen LogP contribution in [0.25, 0.3) is 0 Å². The second-order valence-corrected chi connectivity index (χ2v) is 10.7. The van der Waals surface area contributed by atoms with E-state index in [1.54, 1.807) is 26.4 Å². The Bertz CT molecular complexity index is 1280. The molecule has 5 rings (SSSR count). The van der Waals surface area contributed by atoms with Gasteiger partial charge in [0.1, 0.15) is 17.1 Å². The van der Waals surface area contributed by atoms with Gasteiger partial charge in [0, 0.05) is 49.5 Å². The fourth-order valence-corrected chi connectivity index (χ4v) is 7.44. The summed E-state index contributed by atoms with van der Waals surface area (Å²) in [7, 11) is 7.77. The van der Waals surface area contributed by atoms with E-state index >= 15 is 0 Å². The highest BCUT2D eigenvalue weighted by atomic mass is 16.7. The van der Waals surface area contributed by atoms with Gasteiger partial charge in [-0.1, -0.05) is 25.5 Å². The lowest BCUT2D eigenvalue weighted by atomic mass is 9.54. The molecular weight excluding hydrogens is 460 g/mol. The number of carbonyl (C=O) groups is 2. The van der Waals surface area contributed by atoms with Gasteiger partial charge in [-0.25, -0.2) is 0 Å². The Balaban J connectivity index is 2.03. The molecule has 4 aliphatic rings. The molecule has 0 unspecified atom stereocenters. The number of Topliss-reactive ketones (excluding diaryl/α,β-unsaturated/α-hetero) is 1. The second-order valence-electron chi connectivity index (χ2n) is 10.7. The van der Waals surface area contributed by atoms with Crippen molar-refractivity contribution in [2.24, 2.45) is 5.41 Å². The molecule has 192 valence electrons. The topological polar surface area (TPSA) is 80.3 Å². The van der Waals surface area contributed by atoms with Crippen LogP contribution in [0.4, 0.5) is 0 Å². The van der Waals surface area contributed by atoms with Gasteiger partial charge in [-0.2, -0.15) is 0 Å². The molecule has 4 aliphatic carbocycles. The first-order valence-electron chi connectivity index (χ1n) is 12.2. The van der Waals surface area contributed by atoms with E-state index in [0.717, 1.165) is 18.4 Å². The third kappa shape index (κ3) is 2.63. The maximum absolute atomic E-state index is 14.2. The van der Waals surface area contributed by atoms with Crippen molar-refractivity contribution >= 4 is 11.6 Å². The van der Waals surface area contributed by atoms with Crippen molar-refractivity contribution < 1.29 is 33.3 Å². The molecule has 0 bridgehead atoms. The molecule has 0 amide bonds. The molecule has 7 nitrogen and oxygen atoms in total. The first-order chi connectivity index (χ1) is 17.1. The second kappa shape index (κ2) is 7.88. The van der Waals surface area contributed by atoms with Crippen molar-refractivity contribution in [2.45, 2.75) is 56.8 Å². The third-order valence-electron chi connectivity index (χ3n) is 9.20. The Morgan fingerprint density at radius 2 is 1.56 bits per heavy atom. The molecule has 0 N–H and O–H groups in total. The molecule has 0 heterocycles. The Labute approximate surface area is 212 Å². The van der Waals surface area contributed by atoms with Crippen LogP contribution in [0.2, 0.25) is 0 Å². The number of carbonyl (C=O) groups excluding carboxylic acids is 2. The average Bonchev–Trinajstić information content (AvgIpc) is 3.20. The van der Waals surface area contributed by atoms with Gasteiger partial charge in [-0.05, 0) is 43.8 Å². The van der Waals surface area contributed by atoms with Crippen molar-refractivity contribution in [1.29, 1.82) is 0 Å². The number of ether oxygens (including phenoxy) is 5. The highest BCUT2D eigenvalue weighted by molar-refractivity contribution is 6.33. The number of benzene rings is 1. The monoisotopic (exact) mass is 494 g/mol. The number of methoxy groups -OCH3 is 5. The zero-order valence-corrected chi connectivity index (χ0v) is 22.3. The largest absolute Gasteiger partial charge is 0.496 e. The predicted molar refractivity (Wildman–Crippen MR) is 134 cm³/mol. The van der Waals surface area contributed by atoms with Crippen molar-refractivity contribution in [3.63, 3.8) is 0 Å². The van der Waals surface area contributed by atoms with Crippen molar-refractivity contribution in [3.05, 3.63) is 57.7 Å². The van der Waals surface area contributed by atoms with Gasteiger partial charge < -0.3 is 23.7 Å². The number of allylic oxidation sites excluding steroid dienone is 4. The van der Waals surface area contributed by atoms with Crippen LogP contribution in [0.15, 0.2) is 41.0 Å². The van der Waals surface area contributed by atoms with Crippen LogP contribution in [0.5, 0.6) is 11.5 Å². The summed E-state index contributed by atoms with van der Waals surface area (Å²) in [6, 6.07) is 1.77. The minimum absolute atomic E-state index is 0.0114. The van der Waals surface area contributed by atoms with Gasteiger partial charge in [0.15, 0.2) is 5.78 Å². The first kappa shape index (κ1) is 24.9. The van der Waals surface area contributed by atoms with E-state index in [4.69, 9.17) is 23.7 Å². The molecular formula is C29H34O7. The number of hydrogen-bond acceptors (Lipinski definition) is 7. The summed E-state index contributed by atoms with van der Waals surface area (Å²) in [4.78, 5) is 27.6. The highest BCUT2D eigenvalue weighted by Crippen LogP contribution is 2.71. The average molecular weight is 495 g/mol. The fraction of sp³-hybridized carbons (Fsp3) is 0.517. The summed E-state index contributed by atoms with van der Waals surface area (Å²) < 4.78 is 30.1. The van der Waals surface area contributed by atoms with E-state index in [2.05, 4.69) is 26.8 Å². The van der Waals surface area contributed by atoms with Crippen molar-refractivity contribution in [1.82, 2.24) is 0 Å². The van der Waals surface area contributed by atoms with E-state index in [-0.39, 0.29) is 11.0 Å². The lowest BCUT2D eigenvalue weighted by Gasteiger charge is -2.51. The lowest BCUT2D eigenvalue weighted by molar-refractivity contribution is -0.169. The van der Waals surface area contributed by atoms with E-state index in [9.17, 15) is 9.59 Å². The quantitative estimate of drug-likeness (QED) is 0.337. The highest BCUT2D eigenvalue weighted by Gasteiger charge is 2.69. The first-order valence-corrected chi connectivity index (χ1v) is 12.2. The fourth-order valence-electron chi connectivity index (χ4n) is 7.44. The Hall–Kier alpha value is -2.74. The maximum atomic E-state index is 14.2. The smallest absolute Gasteiger partial charge is 0.215 e. The lowest BCUT2D eigenvalue weighted by Crippen LogP contribution is -2.52. The zero-order valence-electron chi connectivity index (χ0n) is 22.3. The minimum Gasteiger partial charge on any atom is -0.496 e. The van der Waals surface area contributed by atoms with Crippen LogP contribution >= 0.6 is 0 Å². The SMILES string of the molecule is COc1cc(OC)c2c3c1C(=O)C1=C(C(OC)(OC)C=CC1=O)[C@]3(OC)C[C@@]21C(C)=CCCC1(C)C.